The Kier molecular flexibility index (Phi) is 3.28. The lowest BCUT2D eigenvalue weighted by molar-refractivity contribution is 0.0682. The fourth-order valence-electron chi connectivity index (χ4n) is 1.69. The van der Waals surface area contributed by atoms with Crippen LogP contribution >= 0.6 is 0 Å². The van der Waals surface area contributed by atoms with Crippen molar-refractivity contribution in [1.82, 2.24) is 0 Å². The van der Waals surface area contributed by atoms with Crippen molar-refractivity contribution in [2.75, 3.05) is 18.9 Å². The zero-order valence-electron chi connectivity index (χ0n) is 8.98. The lowest BCUT2D eigenvalue weighted by Crippen LogP contribution is -2.16. The normalized spacial score (nSPS) is 19.3. The van der Waals surface area contributed by atoms with Crippen LogP contribution in [0.5, 0.6) is 5.75 Å². The van der Waals surface area contributed by atoms with Gasteiger partial charge in [0.2, 0.25) is 0 Å². The van der Waals surface area contributed by atoms with Crippen molar-refractivity contribution in [3.63, 3.8) is 0 Å². The van der Waals surface area contributed by atoms with Gasteiger partial charge in [0, 0.05) is 12.7 Å². The molecule has 1 fully saturated rings. The van der Waals surface area contributed by atoms with Crippen molar-refractivity contribution in [3.05, 3.63) is 23.8 Å². The number of nitriles is 1. The Morgan fingerprint density at radius 1 is 1.56 bits per heavy atom. The number of hydrogen-bond acceptors (Lipinski definition) is 4. The summed E-state index contributed by atoms with van der Waals surface area (Å²) in [6.07, 6.45) is 2.27. The molecule has 1 aliphatic heterocycles. The summed E-state index contributed by atoms with van der Waals surface area (Å²) in [5.74, 6) is 0.564. The molecule has 1 unspecified atom stereocenters. The summed E-state index contributed by atoms with van der Waals surface area (Å²) in [4.78, 5) is 0. The number of nitrogens with two attached hydrogens (primary N) is 1. The van der Waals surface area contributed by atoms with Crippen LogP contribution in [0.2, 0.25) is 0 Å². The van der Waals surface area contributed by atoms with Gasteiger partial charge in [-0.2, -0.15) is 5.26 Å². The molecule has 0 spiro atoms. The second-order valence-electron chi connectivity index (χ2n) is 3.81. The van der Waals surface area contributed by atoms with Crippen LogP contribution in [0.25, 0.3) is 0 Å². The molecule has 0 amide bonds. The maximum atomic E-state index is 8.76. The van der Waals surface area contributed by atoms with Crippen molar-refractivity contribution >= 4 is 5.69 Å². The number of rotatable bonds is 3. The van der Waals surface area contributed by atoms with Gasteiger partial charge in [-0.3, -0.25) is 0 Å². The lowest BCUT2D eigenvalue weighted by atomic mass is 10.2. The first-order valence-electron chi connectivity index (χ1n) is 5.33. The van der Waals surface area contributed by atoms with Gasteiger partial charge in [-0.05, 0) is 25.0 Å². The standard InChI is InChI=1S/C12H14N2O2/c13-7-9-3-4-11(14)12(6-9)16-8-10-2-1-5-15-10/h3-4,6,10H,1-2,5,8,14H2. The monoisotopic (exact) mass is 218 g/mol. The molecule has 2 rings (SSSR count). The summed E-state index contributed by atoms with van der Waals surface area (Å²) < 4.78 is 11.0. The van der Waals surface area contributed by atoms with Crippen LogP contribution in [0, 0.1) is 11.3 Å². The molecule has 2 N–H and O–H groups in total. The van der Waals surface area contributed by atoms with Crippen molar-refractivity contribution in [2.45, 2.75) is 18.9 Å². The number of nitrogen functional groups attached to an aromatic ring is 1. The molecule has 1 aromatic rings. The maximum Gasteiger partial charge on any atom is 0.143 e. The van der Waals surface area contributed by atoms with Crippen LogP contribution in [-0.2, 0) is 4.74 Å². The maximum absolute atomic E-state index is 8.76. The molecule has 4 nitrogen and oxygen atoms in total. The summed E-state index contributed by atoms with van der Waals surface area (Å²) in [5, 5.41) is 8.76. The zero-order chi connectivity index (χ0) is 11.4. The molecule has 1 atom stereocenters. The number of anilines is 1. The van der Waals surface area contributed by atoms with E-state index in [1.165, 1.54) is 0 Å². The molecular weight excluding hydrogens is 204 g/mol. The molecule has 84 valence electrons. The van der Waals surface area contributed by atoms with E-state index in [0.29, 0.717) is 23.6 Å². The second kappa shape index (κ2) is 4.86. The van der Waals surface area contributed by atoms with E-state index in [4.69, 9.17) is 20.5 Å². The highest BCUT2D eigenvalue weighted by molar-refractivity contribution is 5.56. The van der Waals surface area contributed by atoms with Crippen LogP contribution in [-0.4, -0.2) is 19.3 Å². The minimum absolute atomic E-state index is 0.158. The van der Waals surface area contributed by atoms with Gasteiger partial charge in [0.25, 0.3) is 0 Å². The van der Waals surface area contributed by atoms with E-state index in [1.54, 1.807) is 18.2 Å². The van der Waals surface area contributed by atoms with Crippen molar-refractivity contribution in [2.24, 2.45) is 0 Å². The first-order chi connectivity index (χ1) is 7.79. The summed E-state index contributed by atoms with van der Waals surface area (Å²) in [7, 11) is 0. The first-order valence-corrected chi connectivity index (χ1v) is 5.33. The number of nitrogens with zero attached hydrogens (tertiary/aromatic N) is 1. The van der Waals surface area contributed by atoms with Gasteiger partial charge in [0.1, 0.15) is 12.4 Å². The molecule has 0 aromatic heterocycles. The molecular formula is C12H14N2O2. The van der Waals surface area contributed by atoms with E-state index in [9.17, 15) is 0 Å². The molecule has 0 aliphatic carbocycles. The van der Waals surface area contributed by atoms with Crippen LogP contribution in [0.1, 0.15) is 18.4 Å². The van der Waals surface area contributed by atoms with Gasteiger partial charge < -0.3 is 15.2 Å². The fourth-order valence-corrected chi connectivity index (χ4v) is 1.69. The third-order valence-corrected chi connectivity index (χ3v) is 2.59. The Morgan fingerprint density at radius 2 is 2.44 bits per heavy atom. The Morgan fingerprint density at radius 3 is 3.12 bits per heavy atom. The van der Waals surface area contributed by atoms with Gasteiger partial charge in [-0.15, -0.1) is 0 Å². The molecule has 16 heavy (non-hydrogen) atoms. The minimum Gasteiger partial charge on any atom is -0.489 e. The molecule has 1 aliphatic rings. The van der Waals surface area contributed by atoms with E-state index in [-0.39, 0.29) is 6.10 Å². The summed E-state index contributed by atoms with van der Waals surface area (Å²) >= 11 is 0. The number of ether oxygens (including phenoxy) is 2. The molecule has 0 radical (unpaired) electrons. The summed E-state index contributed by atoms with van der Waals surface area (Å²) in [6.45, 7) is 1.31. The van der Waals surface area contributed by atoms with Gasteiger partial charge in [0.05, 0.1) is 23.4 Å². The minimum atomic E-state index is 0.158. The Bertz CT molecular complexity index is 406. The highest BCUT2D eigenvalue weighted by Gasteiger charge is 2.16. The van der Waals surface area contributed by atoms with Gasteiger partial charge in [-0.1, -0.05) is 0 Å². The van der Waals surface area contributed by atoms with Crippen LogP contribution in [0.15, 0.2) is 18.2 Å². The predicted molar refractivity (Wildman–Crippen MR) is 60.0 cm³/mol. The van der Waals surface area contributed by atoms with Gasteiger partial charge >= 0.3 is 0 Å². The Hall–Kier alpha value is -1.73. The van der Waals surface area contributed by atoms with E-state index in [1.807, 2.05) is 0 Å². The average Bonchev–Trinajstić information content (AvgIpc) is 2.81. The highest BCUT2D eigenvalue weighted by Crippen LogP contribution is 2.23. The fraction of sp³-hybridized carbons (Fsp3) is 0.417. The summed E-state index contributed by atoms with van der Waals surface area (Å²) in [5.41, 5.74) is 6.86. The SMILES string of the molecule is N#Cc1ccc(N)c(OCC2CCCO2)c1. The number of benzene rings is 1. The topological polar surface area (TPSA) is 68.3 Å². The van der Waals surface area contributed by atoms with Crippen molar-refractivity contribution < 1.29 is 9.47 Å². The lowest BCUT2D eigenvalue weighted by Gasteiger charge is -2.13. The number of hydrogen-bond donors (Lipinski definition) is 1. The highest BCUT2D eigenvalue weighted by atomic mass is 16.5. The first kappa shape index (κ1) is 10.8. The van der Waals surface area contributed by atoms with E-state index in [2.05, 4.69) is 6.07 Å². The summed E-state index contributed by atoms with van der Waals surface area (Å²) in [6, 6.07) is 7.07. The van der Waals surface area contributed by atoms with Crippen molar-refractivity contribution in [3.8, 4) is 11.8 Å². The second-order valence-corrected chi connectivity index (χ2v) is 3.81. The predicted octanol–water partition coefficient (Wildman–Crippen LogP) is 1.70. The van der Waals surface area contributed by atoms with Gasteiger partial charge in [0.15, 0.2) is 0 Å². The molecule has 4 heteroatoms. The largest absolute Gasteiger partial charge is 0.489 e. The van der Waals surface area contributed by atoms with Crippen molar-refractivity contribution in [1.29, 1.82) is 5.26 Å². The molecule has 1 saturated heterocycles. The Balaban J connectivity index is 2.00. The molecule has 0 saturated carbocycles. The smallest absolute Gasteiger partial charge is 0.143 e. The third kappa shape index (κ3) is 2.44. The van der Waals surface area contributed by atoms with Crippen LogP contribution in [0.4, 0.5) is 5.69 Å². The van der Waals surface area contributed by atoms with E-state index in [0.717, 1.165) is 19.4 Å². The molecule has 0 bridgehead atoms. The zero-order valence-corrected chi connectivity index (χ0v) is 8.98. The Labute approximate surface area is 94.6 Å². The average molecular weight is 218 g/mol. The quantitative estimate of drug-likeness (QED) is 0.784. The van der Waals surface area contributed by atoms with Crippen LogP contribution in [0.3, 0.4) is 0 Å². The van der Waals surface area contributed by atoms with Gasteiger partial charge in [-0.25, -0.2) is 0 Å². The van der Waals surface area contributed by atoms with E-state index >= 15 is 0 Å². The third-order valence-electron chi connectivity index (χ3n) is 2.59. The van der Waals surface area contributed by atoms with Crippen LogP contribution < -0.4 is 10.5 Å². The molecule has 1 heterocycles. The van der Waals surface area contributed by atoms with E-state index < -0.39 is 0 Å². The molecule has 1 aromatic carbocycles.